The molecule has 6 nitrogen and oxygen atoms in total. The number of carboxylic acid groups (broad SMARTS) is 1. The number of nitro groups is 1. The summed E-state index contributed by atoms with van der Waals surface area (Å²) < 4.78 is 1.49. The van der Waals surface area contributed by atoms with Gasteiger partial charge >= 0.3 is 5.97 Å². The van der Waals surface area contributed by atoms with Crippen molar-refractivity contribution < 1.29 is 14.8 Å². The van der Waals surface area contributed by atoms with Gasteiger partial charge in [0.1, 0.15) is 10.7 Å². The molecule has 0 atom stereocenters. The second-order valence-electron chi connectivity index (χ2n) is 3.89. The molecule has 0 bridgehead atoms. The van der Waals surface area contributed by atoms with Crippen molar-refractivity contribution >= 4 is 23.3 Å². The highest BCUT2D eigenvalue weighted by molar-refractivity contribution is 6.32. The van der Waals surface area contributed by atoms with E-state index < -0.39 is 10.9 Å². The molecule has 2 aromatic rings. The summed E-state index contributed by atoms with van der Waals surface area (Å²) >= 11 is 5.83. The average molecular weight is 281 g/mol. The maximum absolute atomic E-state index is 10.9. The van der Waals surface area contributed by atoms with Crippen LogP contribution in [0.4, 0.5) is 5.69 Å². The van der Waals surface area contributed by atoms with E-state index in [0.29, 0.717) is 11.3 Å². The van der Waals surface area contributed by atoms with E-state index in [0.717, 1.165) is 0 Å². The van der Waals surface area contributed by atoms with Crippen molar-refractivity contribution in [1.82, 2.24) is 4.57 Å². The van der Waals surface area contributed by atoms with E-state index in [-0.39, 0.29) is 16.4 Å². The van der Waals surface area contributed by atoms with Crippen LogP contribution >= 0.6 is 11.6 Å². The number of halogens is 1. The van der Waals surface area contributed by atoms with Gasteiger partial charge in [0.05, 0.1) is 4.92 Å². The van der Waals surface area contributed by atoms with Gasteiger partial charge in [-0.05, 0) is 24.3 Å². The fourth-order valence-corrected chi connectivity index (χ4v) is 2.08. The summed E-state index contributed by atoms with van der Waals surface area (Å²) in [5.74, 6) is -1.04. The summed E-state index contributed by atoms with van der Waals surface area (Å²) in [6, 6.07) is 7.37. The molecule has 0 aliphatic heterocycles. The third kappa shape index (κ3) is 2.30. The molecule has 0 fully saturated rings. The second-order valence-corrected chi connectivity index (χ2v) is 4.30. The first-order valence-corrected chi connectivity index (χ1v) is 5.63. The number of carbonyl (C=O) groups is 1. The minimum absolute atomic E-state index is 0.0144. The van der Waals surface area contributed by atoms with E-state index in [9.17, 15) is 14.9 Å². The monoisotopic (exact) mass is 280 g/mol. The zero-order chi connectivity index (χ0) is 14.2. The Morgan fingerprint density at radius 2 is 2.05 bits per heavy atom. The molecule has 0 saturated carbocycles. The highest BCUT2D eigenvalue weighted by Gasteiger charge is 2.16. The van der Waals surface area contributed by atoms with Crippen LogP contribution < -0.4 is 0 Å². The molecule has 2 rings (SSSR count). The third-order valence-electron chi connectivity index (χ3n) is 2.78. The van der Waals surface area contributed by atoms with Crippen LogP contribution in [0, 0.1) is 10.1 Å². The highest BCUT2D eigenvalue weighted by Crippen LogP contribution is 2.30. The quantitative estimate of drug-likeness (QED) is 0.692. The number of nitro benzene ring substituents is 1. The normalized spacial score (nSPS) is 10.4. The SMILES string of the molecule is Cn1c(C(=O)O)ccc1-c1ccc([N+](=O)[O-])c(Cl)c1. The molecule has 19 heavy (non-hydrogen) atoms. The van der Waals surface area contributed by atoms with Crippen molar-refractivity contribution in [3.63, 3.8) is 0 Å². The van der Waals surface area contributed by atoms with Crippen LogP contribution in [-0.2, 0) is 7.05 Å². The fourth-order valence-electron chi connectivity index (χ4n) is 1.83. The smallest absolute Gasteiger partial charge is 0.352 e. The lowest BCUT2D eigenvalue weighted by Crippen LogP contribution is -2.05. The molecule has 1 heterocycles. The third-order valence-corrected chi connectivity index (χ3v) is 3.08. The summed E-state index contributed by atoms with van der Waals surface area (Å²) in [6.07, 6.45) is 0. The molecule has 0 spiro atoms. The molecule has 0 unspecified atom stereocenters. The molecule has 0 saturated heterocycles. The minimum atomic E-state index is -1.04. The predicted molar refractivity (Wildman–Crippen MR) is 69.5 cm³/mol. The number of benzene rings is 1. The van der Waals surface area contributed by atoms with Gasteiger partial charge in [0.2, 0.25) is 0 Å². The Hall–Kier alpha value is -2.34. The largest absolute Gasteiger partial charge is 0.477 e. The standard InChI is InChI=1S/C12H9ClN2O4/c1-14-9(4-5-11(14)12(16)17)7-2-3-10(15(18)19)8(13)6-7/h2-6H,1H3,(H,16,17). The van der Waals surface area contributed by atoms with E-state index in [4.69, 9.17) is 16.7 Å². The summed E-state index contributed by atoms with van der Waals surface area (Å²) in [6.45, 7) is 0. The predicted octanol–water partition coefficient (Wildman–Crippen LogP) is 2.95. The van der Waals surface area contributed by atoms with Crippen LogP contribution in [0.25, 0.3) is 11.3 Å². The first kappa shape index (κ1) is 13.1. The van der Waals surface area contributed by atoms with Crippen LogP contribution in [0.2, 0.25) is 5.02 Å². The van der Waals surface area contributed by atoms with E-state index >= 15 is 0 Å². The van der Waals surface area contributed by atoms with E-state index in [1.54, 1.807) is 13.1 Å². The Labute approximate surface area is 113 Å². The number of hydrogen-bond donors (Lipinski definition) is 1. The Morgan fingerprint density at radius 3 is 2.53 bits per heavy atom. The van der Waals surface area contributed by atoms with Crippen molar-refractivity contribution in [3.05, 3.63) is 51.2 Å². The van der Waals surface area contributed by atoms with E-state index in [1.807, 2.05) is 0 Å². The topological polar surface area (TPSA) is 85.4 Å². The van der Waals surface area contributed by atoms with Crippen molar-refractivity contribution in [2.45, 2.75) is 0 Å². The second kappa shape index (κ2) is 4.74. The molecule has 1 aromatic carbocycles. The minimum Gasteiger partial charge on any atom is -0.477 e. The van der Waals surface area contributed by atoms with Crippen LogP contribution in [0.1, 0.15) is 10.5 Å². The number of hydrogen-bond acceptors (Lipinski definition) is 3. The summed E-state index contributed by atoms with van der Waals surface area (Å²) in [4.78, 5) is 21.0. The van der Waals surface area contributed by atoms with Gasteiger partial charge in [-0.25, -0.2) is 4.79 Å². The van der Waals surface area contributed by atoms with Gasteiger partial charge in [-0.15, -0.1) is 0 Å². The number of rotatable bonds is 3. The van der Waals surface area contributed by atoms with Crippen molar-refractivity contribution in [2.75, 3.05) is 0 Å². The number of carboxylic acids is 1. The van der Waals surface area contributed by atoms with Gasteiger partial charge in [0, 0.05) is 24.4 Å². The van der Waals surface area contributed by atoms with Gasteiger partial charge in [-0.3, -0.25) is 10.1 Å². The molecule has 7 heteroatoms. The van der Waals surface area contributed by atoms with Crippen LogP contribution in [-0.4, -0.2) is 20.6 Å². The molecular formula is C12H9ClN2O4. The van der Waals surface area contributed by atoms with E-state index in [2.05, 4.69) is 0 Å². The van der Waals surface area contributed by atoms with Gasteiger partial charge in [0.15, 0.2) is 0 Å². The number of nitrogens with zero attached hydrogens (tertiary/aromatic N) is 2. The fraction of sp³-hybridized carbons (Fsp3) is 0.0833. The number of aromatic carboxylic acids is 1. The zero-order valence-corrected chi connectivity index (χ0v) is 10.6. The average Bonchev–Trinajstić information content (AvgIpc) is 2.70. The van der Waals surface area contributed by atoms with Gasteiger partial charge in [0.25, 0.3) is 5.69 Å². The maximum atomic E-state index is 10.9. The zero-order valence-electron chi connectivity index (χ0n) is 9.83. The van der Waals surface area contributed by atoms with Crippen molar-refractivity contribution in [3.8, 4) is 11.3 Å². The van der Waals surface area contributed by atoms with Crippen molar-refractivity contribution in [1.29, 1.82) is 0 Å². The molecule has 0 aliphatic rings. The maximum Gasteiger partial charge on any atom is 0.352 e. The van der Waals surface area contributed by atoms with Crippen LogP contribution in [0.3, 0.4) is 0 Å². The molecule has 0 radical (unpaired) electrons. The molecule has 98 valence electrons. The Kier molecular flexibility index (Phi) is 3.26. The first-order valence-electron chi connectivity index (χ1n) is 5.25. The molecule has 0 amide bonds. The van der Waals surface area contributed by atoms with Crippen LogP contribution in [0.15, 0.2) is 30.3 Å². The van der Waals surface area contributed by atoms with Gasteiger partial charge < -0.3 is 9.67 Å². The molecule has 1 N–H and O–H groups in total. The molecule has 1 aromatic heterocycles. The lowest BCUT2D eigenvalue weighted by atomic mass is 10.1. The highest BCUT2D eigenvalue weighted by atomic mass is 35.5. The van der Waals surface area contributed by atoms with Crippen LogP contribution in [0.5, 0.6) is 0 Å². The first-order chi connectivity index (χ1) is 8.91. The molecular weight excluding hydrogens is 272 g/mol. The van der Waals surface area contributed by atoms with Gasteiger partial charge in [-0.1, -0.05) is 11.6 Å². The Balaban J connectivity index is 2.51. The van der Waals surface area contributed by atoms with Gasteiger partial charge in [-0.2, -0.15) is 0 Å². The lowest BCUT2D eigenvalue weighted by molar-refractivity contribution is -0.384. The van der Waals surface area contributed by atoms with E-state index in [1.165, 1.54) is 28.8 Å². The lowest BCUT2D eigenvalue weighted by Gasteiger charge is -2.06. The number of aromatic nitrogens is 1. The Morgan fingerprint density at radius 1 is 1.37 bits per heavy atom. The van der Waals surface area contributed by atoms with Crippen molar-refractivity contribution in [2.24, 2.45) is 7.05 Å². The summed E-state index contributed by atoms with van der Waals surface area (Å²) in [5, 5.41) is 19.6. The molecule has 0 aliphatic carbocycles. The summed E-state index contributed by atoms with van der Waals surface area (Å²) in [5.41, 5.74) is 1.18. The Bertz CT molecular complexity index is 678. The summed E-state index contributed by atoms with van der Waals surface area (Å²) in [7, 11) is 1.61.